The number of nitrogens with zero attached hydrogens (tertiary/aromatic N) is 4. The number of furan rings is 1. The molecule has 0 amide bonds. The van der Waals surface area contributed by atoms with E-state index in [1.807, 2.05) is 84.1 Å². The van der Waals surface area contributed by atoms with Gasteiger partial charge in [0.05, 0.1) is 39.1 Å². The van der Waals surface area contributed by atoms with Crippen molar-refractivity contribution in [1.29, 1.82) is 5.26 Å². The number of rotatable bonds is 4. The van der Waals surface area contributed by atoms with E-state index in [0.717, 1.165) is 49.8 Å². The zero-order valence-electron chi connectivity index (χ0n) is 28.1. The van der Waals surface area contributed by atoms with Crippen LogP contribution in [0.3, 0.4) is 0 Å². The molecule has 11 rings (SSSR count). The highest BCUT2D eigenvalue weighted by molar-refractivity contribution is 7.25. The Balaban J connectivity index is 1.24. The van der Waals surface area contributed by atoms with Crippen LogP contribution in [0.5, 0.6) is 0 Å². The van der Waals surface area contributed by atoms with E-state index in [4.69, 9.17) is 14.4 Å². The van der Waals surface area contributed by atoms with Crippen molar-refractivity contribution in [2.24, 2.45) is 0 Å². The summed E-state index contributed by atoms with van der Waals surface area (Å²) in [5, 5.41) is 17.5. The molecule has 7 aromatic carbocycles. The van der Waals surface area contributed by atoms with Crippen LogP contribution in [0.1, 0.15) is 5.56 Å². The van der Waals surface area contributed by atoms with E-state index < -0.39 is 0 Å². The molecule has 0 aliphatic rings. The molecule has 11 aromatic rings. The lowest BCUT2D eigenvalue weighted by Gasteiger charge is -2.14. The van der Waals surface area contributed by atoms with E-state index in [-0.39, 0.29) is 0 Å². The molecule has 0 saturated carbocycles. The molecule has 0 aliphatic heterocycles. The topological polar surface area (TPSA) is 67.6 Å². The summed E-state index contributed by atoms with van der Waals surface area (Å²) in [5.41, 5.74) is 8.80. The molecule has 5 nitrogen and oxygen atoms in total. The van der Waals surface area contributed by atoms with Gasteiger partial charge < -0.3 is 8.98 Å². The molecule has 4 heterocycles. The largest absolute Gasteiger partial charge is 0.455 e. The Bertz CT molecular complexity index is 3230. The molecule has 0 saturated heterocycles. The fraction of sp³-hybridized carbons (Fsp3) is 0. The third-order valence-electron chi connectivity index (χ3n) is 10.3. The van der Waals surface area contributed by atoms with Crippen molar-refractivity contribution in [3.63, 3.8) is 0 Å². The molecule has 4 aromatic heterocycles. The fourth-order valence-corrected chi connectivity index (χ4v) is 9.04. The summed E-state index contributed by atoms with van der Waals surface area (Å²) in [4.78, 5) is 10.3. The Labute approximate surface area is 307 Å². The summed E-state index contributed by atoms with van der Waals surface area (Å²) in [6.45, 7) is 0. The van der Waals surface area contributed by atoms with E-state index in [0.29, 0.717) is 28.4 Å². The second-order valence-electron chi connectivity index (χ2n) is 13.2. The third-order valence-corrected chi connectivity index (χ3v) is 11.4. The normalized spacial score (nSPS) is 11.8. The third kappa shape index (κ3) is 4.42. The van der Waals surface area contributed by atoms with Crippen LogP contribution in [-0.4, -0.2) is 14.5 Å². The maximum atomic E-state index is 10.5. The Morgan fingerprint density at radius 1 is 0.547 bits per heavy atom. The minimum Gasteiger partial charge on any atom is -0.455 e. The zero-order valence-corrected chi connectivity index (χ0v) is 28.9. The van der Waals surface area contributed by atoms with Crippen LogP contribution in [0.4, 0.5) is 0 Å². The number of hydrogen-bond donors (Lipinski definition) is 0. The Kier molecular flexibility index (Phi) is 6.42. The summed E-state index contributed by atoms with van der Waals surface area (Å²) < 4.78 is 11.7. The first kappa shape index (κ1) is 29.6. The Morgan fingerprint density at radius 2 is 1.19 bits per heavy atom. The van der Waals surface area contributed by atoms with Gasteiger partial charge in [-0.05, 0) is 42.5 Å². The van der Waals surface area contributed by atoms with Crippen molar-refractivity contribution in [3.05, 3.63) is 163 Å². The van der Waals surface area contributed by atoms with Gasteiger partial charge in [0.1, 0.15) is 22.8 Å². The molecule has 246 valence electrons. The smallest absolute Gasteiger partial charge is 0.164 e. The molecule has 0 aliphatic carbocycles. The number of para-hydroxylation sites is 2. The van der Waals surface area contributed by atoms with Crippen LogP contribution in [0.25, 0.3) is 104 Å². The number of thiophene rings is 1. The molecule has 0 radical (unpaired) electrons. The number of aromatic nitrogens is 3. The van der Waals surface area contributed by atoms with E-state index in [9.17, 15) is 5.26 Å². The molecular formula is C47H26N4OS. The summed E-state index contributed by atoms with van der Waals surface area (Å²) in [5.74, 6) is 0.492. The predicted octanol–water partition coefficient (Wildman–Crippen LogP) is 12.7. The van der Waals surface area contributed by atoms with Crippen molar-refractivity contribution in [2.45, 2.75) is 0 Å². The van der Waals surface area contributed by atoms with Crippen molar-refractivity contribution < 1.29 is 4.42 Å². The van der Waals surface area contributed by atoms with E-state index in [1.165, 1.54) is 30.9 Å². The van der Waals surface area contributed by atoms with Gasteiger partial charge in [-0.2, -0.15) is 5.26 Å². The van der Waals surface area contributed by atoms with Gasteiger partial charge in [0.2, 0.25) is 0 Å². The van der Waals surface area contributed by atoms with Gasteiger partial charge in [-0.1, -0.05) is 115 Å². The fourth-order valence-electron chi connectivity index (χ4n) is 7.92. The molecule has 0 fully saturated rings. The van der Waals surface area contributed by atoms with Crippen LogP contribution < -0.4 is 0 Å². The van der Waals surface area contributed by atoms with Gasteiger partial charge in [-0.15, -0.1) is 11.3 Å². The summed E-state index contributed by atoms with van der Waals surface area (Å²) in [6.07, 6.45) is 0. The Hall–Kier alpha value is -7.07. The van der Waals surface area contributed by atoms with Gasteiger partial charge in [0, 0.05) is 47.5 Å². The number of fused-ring (bicyclic) bond motifs is 9. The molecule has 0 spiro atoms. The van der Waals surface area contributed by atoms with Crippen molar-refractivity contribution >= 4 is 75.3 Å². The van der Waals surface area contributed by atoms with E-state index in [2.05, 4.69) is 95.6 Å². The SMILES string of the molecule is N#Cc1c(-c2ccccc2)nc(-c2ccc(-n3c4ccccc4c4cc5c(cc43)sc3ccccc35)c3c2oc2ccccc23)nc1-c1ccccc1. The van der Waals surface area contributed by atoms with E-state index in [1.54, 1.807) is 0 Å². The van der Waals surface area contributed by atoms with Crippen LogP contribution in [-0.2, 0) is 0 Å². The summed E-state index contributed by atoms with van der Waals surface area (Å²) in [6, 6.07) is 56.6. The number of benzene rings is 7. The molecule has 0 atom stereocenters. The standard InChI is InChI=1S/C47H26N4OS/c48-27-36-44(28-13-3-1-4-14-28)49-47(50-45(36)29-15-5-2-6-16-29)33-23-24-38(43-32-19-8-11-21-40(32)52-46(33)43)51-37-20-10-7-17-30(37)34-25-35-31-18-9-12-22-41(31)53-42(35)26-39(34)51/h1-26H. The quantitative estimate of drug-likeness (QED) is 0.184. The monoisotopic (exact) mass is 694 g/mol. The van der Waals surface area contributed by atoms with E-state index >= 15 is 0 Å². The van der Waals surface area contributed by atoms with Crippen LogP contribution >= 0.6 is 11.3 Å². The highest BCUT2D eigenvalue weighted by Crippen LogP contribution is 2.45. The average molecular weight is 695 g/mol. The van der Waals surface area contributed by atoms with Crippen molar-refractivity contribution in [2.75, 3.05) is 0 Å². The van der Waals surface area contributed by atoms with Crippen LogP contribution in [0, 0.1) is 11.3 Å². The summed E-state index contributed by atoms with van der Waals surface area (Å²) >= 11 is 1.83. The number of hydrogen-bond acceptors (Lipinski definition) is 5. The molecular weight excluding hydrogens is 669 g/mol. The molecule has 0 bridgehead atoms. The van der Waals surface area contributed by atoms with Gasteiger partial charge >= 0.3 is 0 Å². The minimum atomic E-state index is 0.432. The predicted molar refractivity (Wildman–Crippen MR) is 218 cm³/mol. The molecule has 53 heavy (non-hydrogen) atoms. The highest BCUT2D eigenvalue weighted by atomic mass is 32.1. The van der Waals surface area contributed by atoms with Crippen molar-refractivity contribution in [3.8, 4) is 45.7 Å². The summed E-state index contributed by atoms with van der Waals surface area (Å²) in [7, 11) is 0. The second-order valence-corrected chi connectivity index (χ2v) is 14.3. The molecule has 6 heteroatoms. The van der Waals surface area contributed by atoms with Gasteiger partial charge in [0.25, 0.3) is 0 Å². The van der Waals surface area contributed by atoms with Gasteiger partial charge in [-0.3, -0.25) is 0 Å². The number of nitriles is 1. The lowest BCUT2D eigenvalue weighted by atomic mass is 9.99. The highest BCUT2D eigenvalue weighted by Gasteiger charge is 2.24. The van der Waals surface area contributed by atoms with Gasteiger partial charge in [0.15, 0.2) is 5.82 Å². The van der Waals surface area contributed by atoms with Crippen molar-refractivity contribution in [1.82, 2.24) is 14.5 Å². The first-order chi connectivity index (χ1) is 26.2. The van der Waals surface area contributed by atoms with Crippen LogP contribution in [0.2, 0.25) is 0 Å². The molecule has 0 unspecified atom stereocenters. The molecule has 0 N–H and O–H groups in total. The first-order valence-electron chi connectivity index (χ1n) is 17.5. The maximum absolute atomic E-state index is 10.5. The van der Waals surface area contributed by atoms with Crippen LogP contribution in [0.15, 0.2) is 162 Å². The second kappa shape index (κ2) is 11.5. The zero-order chi connectivity index (χ0) is 35.0. The minimum absolute atomic E-state index is 0.432. The maximum Gasteiger partial charge on any atom is 0.164 e. The first-order valence-corrected chi connectivity index (χ1v) is 18.3. The Morgan fingerprint density at radius 3 is 1.92 bits per heavy atom. The van der Waals surface area contributed by atoms with Gasteiger partial charge in [-0.25, -0.2) is 9.97 Å². The average Bonchev–Trinajstić information content (AvgIpc) is 3.89. The lowest BCUT2D eigenvalue weighted by Crippen LogP contribution is -2.02. The lowest BCUT2D eigenvalue weighted by molar-refractivity contribution is 0.669.